The lowest BCUT2D eigenvalue weighted by Gasteiger charge is -2.39. The van der Waals surface area contributed by atoms with Gasteiger partial charge in [-0.3, -0.25) is 19.2 Å². The maximum Gasteiger partial charge on any atom is 0.223 e. The highest BCUT2D eigenvalue weighted by Crippen LogP contribution is 2.39. The van der Waals surface area contributed by atoms with Crippen LogP contribution in [0.1, 0.15) is 311 Å². The standard InChI is InChI=1S/C62H120N4O4/c1-7-13-17-19-21-23-25-27-29-31-33-35-37-39-41-43-47-63-59(67)55-49-57(61(69)65-51-53(11-5)45-15-9-3)58(62(70)66-52-54(12-6)46-16-10-4)50-56(55)60(68)64-48-44-42-40-38-36-34-32-30-28-26-24-22-20-18-14-8-2/h53-58H,7-52H2,1-6H3,(H,63,67)(H,64,68)(H,65,69)(H,66,70). The van der Waals surface area contributed by atoms with Crippen LogP contribution in [0, 0.1) is 35.5 Å². The molecule has 4 amide bonds. The summed E-state index contributed by atoms with van der Waals surface area (Å²) in [5, 5.41) is 12.9. The first-order valence-electron chi connectivity index (χ1n) is 31.4. The van der Waals surface area contributed by atoms with Gasteiger partial charge in [-0.25, -0.2) is 0 Å². The summed E-state index contributed by atoms with van der Waals surface area (Å²) < 4.78 is 0. The van der Waals surface area contributed by atoms with Gasteiger partial charge in [-0.05, 0) is 50.4 Å². The zero-order valence-electron chi connectivity index (χ0n) is 47.6. The molecule has 0 heterocycles. The minimum absolute atomic E-state index is 0.139. The first-order valence-corrected chi connectivity index (χ1v) is 31.4. The number of amides is 4. The second-order valence-corrected chi connectivity index (χ2v) is 22.4. The second-order valence-electron chi connectivity index (χ2n) is 22.4. The van der Waals surface area contributed by atoms with Crippen molar-refractivity contribution in [2.24, 2.45) is 35.5 Å². The van der Waals surface area contributed by atoms with Crippen LogP contribution in [0.15, 0.2) is 0 Å². The third-order valence-corrected chi connectivity index (χ3v) is 16.2. The zero-order chi connectivity index (χ0) is 51.1. The molecular formula is C62H120N4O4. The quantitative estimate of drug-likeness (QED) is 0.0454. The maximum atomic E-state index is 14.2. The topological polar surface area (TPSA) is 116 Å². The number of hydrogen-bond donors (Lipinski definition) is 4. The fourth-order valence-corrected chi connectivity index (χ4v) is 11.0. The van der Waals surface area contributed by atoms with Crippen LogP contribution < -0.4 is 21.3 Å². The first-order chi connectivity index (χ1) is 34.3. The summed E-state index contributed by atoms with van der Waals surface area (Å²) in [6, 6.07) is 0. The van der Waals surface area contributed by atoms with Crippen molar-refractivity contribution in [3.05, 3.63) is 0 Å². The molecule has 1 saturated carbocycles. The van der Waals surface area contributed by atoms with Crippen molar-refractivity contribution in [2.45, 2.75) is 311 Å². The van der Waals surface area contributed by atoms with Crippen molar-refractivity contribution in [1.82, 2.24) is 21.3 Å². The zero-order valence-corrected chi connectivity index (χ0v) is 47.6. The molecule has 0 aromatic heterocycles. The molecule has 1 aliphatic rings. The van der Waals surface area contributed by atoms with Gasteiger partial charge in [0.2, 0.25) is 23.6 Å². The molecule has 8 heteroatoms. The Kier molecular flexibility index (Phi) is 45.1. The van der Waals surface area contributed by atoms with E-state index >= 15 is 0 Å². The van der Waals surface area contributed by atoms with Gasteiger partial charge in [0.1, 0.15) is 0 Å². The van der Waals surface area contributed by atoms with Crippen LogP contribution in [-0.4, -0.2) is 49.8 Å². The van der Waals surface area contributed by atoms with Gasteiger partial charge >= 0.3 is 0 Å². The third-order valence-electron chi connectivity index (χ3n) is 16.2. The highest BCUT2D eigenvalue weighted by molar-refractivity contribution is 5.93. The van der Waals surface area contributed by atoms with Gasteiger partial charge in [-0.2, -0.15) is 0 Å². The van der Waals surface area contributed by atoms with Crippen LogP contribution in [0.2, 0.25) is 0 Å². The average Bonchev–Trinajstić information content (AvgIpc) is 3.37. The molecule has 0 saturated heterocycles. The smallest absolute Gasteiger partial charge is 0.223 e. The molecule has 0 spiro atoms. The lowest BCUT2D eigenvalue weighted by molar-refractivity contribution is -0.147. The molecule has 1 rings (SSSR count). The van der Waals surface area contributed by atoms with Crippen molar-refractivity contribution in [2.75, 3.05) is 26.2 Å². The molecule has 1 fully saturated rings. The van der Waals surface area contributed by atoms with Gasteiger partial charge in [-0.1, -0.05) is 273 Å². The summed E-state index contributed by atoms with van der Waals surface area (Å²) in [6.45, 7) is 15.6. The van der Waals surface area contributed by atoms with Crippen LogP contribution >= 0.6 is 0 Å². The van der Waals surface area contributed by atoms with E-state index in [4.69, 9.17) is 0 Å². The Hall–Kier alpha value is -2.12. The Bertz CT molecular complexity index is 1140. The van der Waals surface area contributed by atoms with E-state index in [0.29, 0.717) is 38.0 Å². The average molecular weight is 986 g/mol. The van der Waals surface area contributed by atoms with Gasteiger partial charge in [0, 0.05) is 26.2 Å². The fourth-order valence-electron chi connectivity index (χ4n) is 11.0. The summed E-state index contributed by atoms with van der Waals surface area (Å²) >= 11 is 0. The molecule has 1 aliphatic carbocycles. The van der Waals surface area contributed by atoms with E-state index in [1.807, 2.05) is 0 Å². The van der Waals surface area contributed by atoms with E-state index in [2.05, 4.69) is 62.8 Å². The lowest BCUT2D eigenvalue weighted by Crippen LogP contribution is -2.54. The van der Waals surface area contributed by atoms with Crippen molar-refractivity contribution < 1.29 is 19.2 Å². The molecule has 4 N–H and O–H groups in total. The van der Waals surface area contributed by atoms with Gasteiger partial charge in [-0.15, -0.1) is 0 Å². The van der Waals surface area contributed by atoms with E-state index in [9.17, 15) is 19.2 Å². The van der Waals surface area contributed by atoms with Gasteiger partial charge in [0.25, 0.3) is 0 Å². The molecule has 0 radical (unpaired) electrons. The van der Waals surface area contributed by atoms with E-state index < -0.39 is 23.7 Å². The Morgan fingerprint density at radius 2 is 0.514 bits per heavy atom. The number of carbonyl (C=O) groups excluding carboxylic acids is 4. The number of hydrogen-bond acceptors (Lipinski definition) is 4. The number of rotatable bonds is 50. The van der Waals surface area contributed by atoms with Crippen LogP contribution in [0.25, 0.3) is 0 Å². The molecular weight excluding hydrogens is 865 g/mol. The third kappa shape index (κ3) is 34.3. The minimum atomic E-state index is -0.657. The lowest BCUT2D eigenvalue weighted by atomic mass is 9.66. The predicted octanol–water partition coefficient (Wildman–Crippen LogP) is 16.7. The fraction of sp³-hybridized carbons (Fsp3) is 0.935. The molecule has 412 valence electrons. The van der Waals surface area contributed by atoms with Crippen molar-refractivity contribution in [1.29, 1.82) is 0 Å². The van der Waals surface area contributed by atoms with Crippen LogP contribution in [0.5, 0.6) is 0 Å². The molecule has 6 unspecified atom stereocenters. The molecule has 8 nitrogen and oxygen atoms in total. The Labute approximate surface area is 435 Å². The number of carbonyl (C=O) groups is 4. The van der Waals surface area contributed by atoms with Gasteiger partial charge in [0.15, 0.2) is 0 Å². The largest absolute Gasteiger partial charge is 0.356 e. The normalized spacial score (nSPS) is 17.8. The molecule has 0 aliphatic heterocycles. The molecule has 0 aromatic rings. The summed E-state index contributed by atoms with van der Waals surface area (Å²) in [5.41, 5.74) is 0. The first kappa shape index (κ1) is 65.9. The minimum Gasteiger partial charge on any atom is -0.356 e. The summed E-state index contributed by atoms with van der Waals surface area (Å²) in [5.74, 6) is -2.42. The predicted molar refractivity (Wildman–Crippen MR) is 301 cm³/mol. The highest BCUT2D eigenvalue weighted by atomic mass is 16.2. The number of unbranched alkanes of at least 4 members (excludes halogenated alkanes) is 32. The van der Waals surface area contributed by atoms with Crippen molar-refractivity contribution in [3.8, 4) is 0 Å². The SMILES string of the molecule is CCCCCCCCCCCCCCCCCCNC(=O)C1CC(C(=O)NCC(CC)CCCC)C(C(=O)NCC(CC)CCCC)CC1C(=O)NCCCCCCCCCCCCCCCCCC. The molecule has 0 bridgehead atoms. The van der Waals surface area contributed by atoms with Crippen LogP contribution in [0.4, 0.5) is 0 Å². The summed E-state index contributed by atoms with van der Waals surface area (Å²) in [6.07, 6.45) is 50.7. The monoisotopic (exact) mass is 985 g/mol. The summed E-state index contributed by atoms with van der Waals surface area (Å²) in [7, 11) is 0. The van der Waals surface area contributed by atoms with Crippen LogP contribution in [0.3, 0.4) is 0 Å². The van der Waals surface area contributed by atoms with E-state index in [1.54, 1.807) is 0 Å². The van der Waals surface area contributed by atoms with E-state index in [1.165, 1.54) is 180 Å². The molecule has 70 heavy (non-hydrogen) atoms. The Morgan fingerprint density at radius 1 is 0.300 bits per heavy atom. The van der Waals surface area contributed by atoms with Gasteiger partial charge < -0.3 is 21.3 Å². The molecule has 0 aromatic carbocycles. The van der Waals surface area contributed by atoms with Gasteiger partial charge in [0.05, 0.1) is 23.7 Å². The Balaban J connectivity index is 2.83. The number of nitrogens with one attached hydrogen (secondary N) is 4. The van der Waals surface area contributed by atoms with E-state index in [0.717, 1.165) is 77.0 Å². The van der Waals surface area contributed by atoms with Crippen molar-refractivity contribution in [3.63, 3.8) is 0 Å². The molecule has 6 atom stereocenters. The van der Waals surface area contributed by atoms with E-state index in [-0.39, 0.29) is 36.5 Å². The highest BCUT2D eigenvalue weighted by Gasteiger charge is 2.48. The summed E-state index contributed by atoms with van der Waals surface area (Å²) in [4.78, 5) is 56.9. The second kappa shape index (κ2) is 47.9. The Morgan fingerprint density at radius 3 is 0.743 bits per heavy atom. The van der Waals surface area contributed by atoms with Crippen LogP contribution in [-0.2, 0) is 19.2 Å². The van der Waals surface area contributed by atoms with Crippen molar-refractivity contribution >= 4 is 23.6 Å². The maximum absolute atomic E-state index is 14.2.